The molecule has 0 aliphatic carbocycles. The zero-order valence-corrected chi connectivity index (χ0v) is 15.1. The molecule has 142 valence electrons. The fourth-order valence-corrected chi connectivity index (χ4v) is 3.76. The number of nitro benzene ring substituents is 1. The molecule has 0 fully saturated rings. The number of ether oxygens (including phenoxy) is 1. The van der Waals surface area contributed by atoms with E-state index < -0.39 is 22.3 Å². The van der Waals surface area contributed by atoms with E-state index in [1.54, 1.807) is 6.92 Å². The number of fused-ring (bicyclic) bond motifs is 3. The first-order chi connectivity index (χ1) is 13.5. The molecule has 1 atom stereocenters. The molecule has 7 nitrogen and oxygen atoms in total. The van der Waals surface area contributed by atoms with E-state index in [1.165, 1.54) is 12.1 Å². The number of nitro groups is 1. The molecule has 0 bridgehead atoms. The highest BCUT2D eigenvalue weighted by Gasteiger charge is 2.30. The molecule has 0 aromatic heterocycles. The van der Waals surface area contributed by atoms with Crippen LogP contribution in [-0.2, 0) is 4.79 Å². The predicted octanol–water partition coefficient (Wildman–Crippen LogP) is 3.69. The second kappa shape index (κ2) is 6.84. The van der Waals surface area contributed by atoms with E-state index >= 15 is 0 Å². The van der Waals surface area contributed by atoms with Crippen molar-refractivity contribution in [3.8, 4) is 11.5 Å². The first kappa shape index (κ1) is 17.8. The average molecular weight is 377 g/mol. The molecule has 0 spiro atoms. The minimum absolute atomic E-state index is 0.0699. The number of rotatable bonds is 4. The van der Waals surface area contributed by atoms with Gasteiger partial charge in [-0.15, -0.1) is 0 Å². The van der Waals surface area contributed by atoms with Crippen LogP contribution in [0.4, 0.5) is 11.4 Å². The number of benzene rings is 3. The number of carbonyl (C=O) groups is 1. The van der Waals surface area contributed by atoms with Crippen LogP contribution in [0.2, 0.25) is 0 Å². The van der Waals surface area contributed by atoms with Crippen LogP contribution < -0.4 is 15.2 Å². The highest BCUT2D eigenvalue weighted by molar-refractivity contribution is 6.01. The Morgan fingerprint density at radius 2 is 2.00 bits per heavy atom. The Balaban J connectivity index is 1.97. The summed E-state index contributed by atoms with van der Waals surface area (Å²) in [6, 6.07) is 14.3. The summed E-state index contributed by atoms with van der Waals surface area (Å²) in [4.78, 5) is 23.0. The molecule has 4 rings (SSSR count). The maximum atomic E-state index is 12.3. The fraction of sp³-hybridized carbons (Fsp3) is 0.190. The summed E-state index contributed by atoms with van der Waals surface area (Å²) in [5.41, 5.74) is 1.52. The Kier molecular flexibility index (Phi) is 4.35. The Morgan fingerprint density at radius 3 is 2.75 bits per heavy atom. The smallest absolute Gasteiger partial charge is 0.265 e. The third kappa shape index (κ3) is 2.90. The van der Waals surface area contributed by atoms with Crippen LogP contribution in [0, 0.1) is 10.1 Å². The second-order valence-corrected chi connectivity index (χ2v) is 6.61. The number of hydrogen-bond acceptors (Lipinski definition) is 5. The zero-order valence-electron chi connectivity index (χ0n) is 15.1. The van der Waals surface area contributed by atoms with Crippen molar-refractivity contribution in [2.24, 2.45) is 0 Å². The van der Waals surface area contributed by atoms with Crippen molar-refractivity contribution < 1.29 is 19.6 Å². The van der Waals surface area contributed by atoms with Crippen LogP contribution in [0.25, 0.3) is 10.8 Å². The van der Waals surface area contributed by atoms with Gasteiger partial charge in [-0.2, -0.15) is 0 Å². The lowest BCUT2D eigenvalue weighted by Crippen LogP contribution is -2.24. The molecule has 1 heterocycles. The van der Waals surface area contributed by atoms with Crippen LogP contribution in [0.1, 0.15) is 30.4 Å². The third-order valence-corrected chi connectivity index (χ3v) is 4.94. The average Bonchev–Trinajstić information content (AvgIpc) is 2.68. The quantitative estimate of drug-likeness (QED) is 0.551. The Hall–Kier alpha value is -3.61. The van der Waals surface area contributed by atoms with E-state index in [0.717, 1.165) is 16.3 Å². The van der Waals surface area contributed by atoms with Gasteiger partial charge >= 0.3 is 0 Å². The highest BCUT2D eigenvalue weighted by atomic mass is 16.6. The van der Waals surface area contributed by atoms with E-state index in [0.29, 0.717) is 11.3 Å². The number of amides is 1. The van der Waals surface area contributed by atoms with Gasteiger partial charge in [-0.05, 0) is 41.0 Å². The summed E-state index contributed by atoms with van der Waals surface area (Å²) in [6.45, 7) is 1.91. The summed E-state index contributed by atoms with van der Waals surface area (Å²) in [5.74, 6) is -1.43. The van der Waals surface area contributed by atoms with Crippen LogP contribution >= 0.6 is 0 Å². The molecule has 28 heavy (non-hydrogen) atoms. The van der Waals surface area contributed by atoms with Crippen LogP contribution in [0.15, 0.2) is 48.5 Å². The predicted molar refractivity (Wildman–Crippen MR) is 103 cm³/mol. The van der Waals surface area contributed by atoms with Crippen molar-refractivity contribution >= 4 is 28.1 Å². The molecule has 0 unspecified atom stereocenters. The lowest BCUT2D eigenvalue weighted by Gasteiger charge is -2.28. The van der Waals surface area contributed by atoms with Gasteiger partial charge in [0.25, 0.3) is 5.69 Å². The number of nitrogens with zero attached hydrogens (tertiary/aromatic N) is 1. The molecule has 0 saturated carbocycles. The molecule has 1 amide bonds. The first-order valence-electron chi connectivity index (χ1n) is 8.93. The van der Waals surface area contributed by atoms with Gasteiger partial charge in [0.05, 0.1) is 11.5 Å². The van der Waals surface area contributed by atoms with Crippen molar-refractivity contribution in [1.82, 2.24) is 0 Å². The van der Waals surface area contributed by atoms with Gasteiger partial charge in [0.2, 0.25) is 5.91 Å². The number of hydrogen-bond donors (Lipinski definition) is 1. The highest BCUT2D eigenvalue weighted by Crippen LogP contribution is 2.45. The van der Waals surface area contributed by atoms with Crippen molar-refractivity contribution in [3.05, 3.63) is 69.8 Å². The van der Waals surface area contributed by atoms with E-state index in [2.05, 4.69) is 5.32 Å². The van der Waals surface area contributed by atoms with Gasteiger partial charge in [-0.1, -0.05) is 30.3 Å². The van der Waals surface area contributed by atoms with Gasteiger partial charge < -0.3 is 15.2 Å². The summed E-state index contributed by atoms with van der Waals surface area (Å²) >= 11 is 0. The summed E-state index contributed by atoms with van der Waals surface area (Å²) in [5, 5.41) is 28.5. The first-order valence-corrected chi connectivity index (χ1v) is 8.93. The standard InChI is InChI=1S/C21H18N2O5/c1-2-28-18-10-13(9-17(21(18)25)23(26)27)15-11-19(24)22-16-8-7-12-5-3-4-6-14(12)20(15)16/h3-10,15,25H,2,11H2,1H3,(H,22,24)/p-1/t15-/m0/s1. The summed E-state index contributed by atoms with van der Waals surface area (Å²) < 4.78 is 5.34. The lowest BCUT2D eigenvalue weighted by molar-refractivity contribution is -0.398. The van der Waals surface area contributed by atoms with Gasteiger partial charge in [0, 0.05) is 29.8 Å². The Morgan fingerprint density at radius 1 is 1.21 bits per heavy atom. The topological polar surface area (TPSA) is 105 Å². The zero-order chi connectivity index (χ0) is 19.8. The molecule has 0 saturated heterocycles. The van der Waals surface area contributed by atoms with Crippen LogP contribution in [0.3, 0.4) is 0 Å². The van der Waals surface area contributed by atoms with Gasteiger partial charge in [0.1, 0.15) is 5.75 Å². The van der Waals surface area contributed by atoms with Crippen LogP contribution in [0.5, 0.6) is 11.5 Å². The molecular formula is C21H17N2O5-. The minimum atomic E-state index is -0.756. The van der Waals surface area contributed by atoms with Gasteiger partial charge in [0.15, 0.2) is 0 Å². The molecular weight excluding hydrogens is 360 g/mol. The molecule has 0 radical (unpaired) electrons. The number of carbonyl (C=O) groups excluding carboxylic acids is 1. The monoisotopic (exact) mass is 377 g/mol. The fourth-order valence-electron chi connectivity index (χ4n) is 3.76. The van der Waals surface area contributed by atoms with E-state index in [1.807, 2.05) is 36.4 Å². The molecule has 1 aliphatic heterocycles. The Labute approximate surface area is 160 Å². The molecule has 1 aliphatic rings. The third-order valence-electron chi connectivity index (χ3n) is 4.94. The van der Waals surface area contributed by atoms with Crippen LogP contribution in [-0.4, -0.2) is 17.4 Å². The maximum Gasteiger partial charge on any atom is 0.265 e. The van der Waals surface area contributed by atoms with Crippen molar-refractivity contribution in [2.45, 2.75) is 19.3 Å². The largest absolute Gasteiger partial charge is 0.865 e. The van der Waals surface area contributed by atoms with E-state index in [4.69, 9.17) is 4.74 Å². The van der Waals surface area contributed by atoms with E-state index in [-0.39, 0.29) is 24.7 Å². The molecule has 7 heteroatoms. The molecule has 3 aromatic rings. The van der Waals surface area contributed by atoms with Gasteiger partial charge in [-0.25, -0.2) is 0 Å². The second-order valence-electron chi connectivity index (χ2n) is 6.61. The summed E-state index contributed by atoms with van der Waals surface area (Å²) in [6.07, 6.45) is 0.127. The lowest BCUT2D eigenvalue weighted by atomic mass is 9.81. The summed E-state index contributed by atoms with van der Waals surface area (Å²) in [7, 11) is 0. The minimum Gasteiger partial charge on any atom is -0.865 e. The van der Waals surface area contributed by atoms with Crippen molar-refractivity contribution in [1.29, 1.82) is 0 Å². The van der Waals surface area contributed by atoms with E-state index in [9.17, 15) is 20.0 Å². The maximum absolute atomic E-state index is 12.3. The normalized spacial score (nSPS) is 15.8. The van der Waals surface area contributed by atoms with Gasteiger partial charge in [-0.3, -0.25) is 14.9 Å². The molecule has 3 aromatic carbocycles. The number of anilines is 1. The van der Waals surface area contributed by atoms with Crippen molar-refractivity contribution in [3.63, 3.8) is 0 Å². The Bertz CT molecular complexity index is 1110. The SMILES string of the molecule is CCOc1cc([C@@H]2CC(=O)Nc3ccc4ccccc4c32)cc([N+](=O)[O-])c1[O-]. The number of nitrogens with one attached hydrogen (secondary N) is 1. The van der Waals surface area contributed by atoms with Crippen molar-refractivity contribution in [2.75, 3.05) is 11.9 Å². The molecule has 1 N–H and O–H groups in total.